The molecule has 1 fully saturated rings. The summed E-state index contributed by atoms with van der Waals surface area (Å²) >= 11 is 1.69. The van der Waals surface area contributed by atoms with Crippen molar-refractivity contribution in [3.63, 3.8) is 0 Å². The lowest BCUT2D eigenvalue weighted by Gasteiger charge is -2.36. The second-order valence-electron chi connectivity index (χ2n) is 8.29. The largest absolute Gasteiger partial charge is 0.383 e. The molecular formula is C25H32N4O3S. The van der Waals surface area contributed by atoms with E-state index in [1.807, 2.05) is 6.08 Å². The van der Waals surface area contributed by atoms with Crippen LogP contribution >= 0.6 is 11.9 Å². The van der Waals surface area contributed by atoms with Crippen LogP contribution in [0.1, 0.15) is 6.42 Å². The van der Waals surface area contributed by atoms with Gasteiger partial charge in [-0.15, -0.1) is 0 Å². The molecule has 0 bridgehead atoms. The number of rotatable bonds is 8. The highest BCUT2D eigenvalue weighted by molar-refractivity contribution is 7.97. The first-order valence-corrected chi connectivity index (χ1v) is 12.2. The van der Waals surface area contributed by atoms with Crippen molar-refractivity contribution in [2.24, 2.45) is 0 Å². The Bertz CT molecular complexity index is 941. The van der Waals surface area contributed by atoms with E-state index in [2.05, 4.69) is 62.6 Å². The zero-order valence-electron chi connectivity index (χ0n) is 19.1. The van der Waals surface area contributed by atoms with Crippen LogP contribution in [0.2, 0.25) is 0 Å². The van der Waals surface area contributed by atoms with Gasteiger partial charge in [0.05, 0.1) is 6.61 Å². The molecule has 0 radical (unpaired) electrons. The van der Waals surface area contributed by atoms with E-state index in [9.17, 15) is 4.79 Å². The van der Waals surface area contributed by atoms with Crippen molar-refractivity contribution < 1.29 is 14.7 Å². The van der Waals surface area contributed by atoms with Crippen molar-refractivity contribution >= 4 is 23.5 Å². The van der Waals surface area contributed by atoms with Crippen molar-refractivity contribution in [3.8, 4) is 11.1 Å². The minimum absolute atomic E-state index is 0.403. The Balaban J connectivity index is 1.30. The maximum absolute atomic E-state index is 11.5. The smallest absolute Gasteiger partial charge is 0.270 e. The van der Waals surface area contributed by atoms with E-state index in [4.69, 9.17) is 9.94 Å². The summed E-state index contributed by atoms with van der Waals surface area (Å²) < 4.78 is 7.41. The number of carbonyl (C=O) groups is 1. The van der Waals surface area contributed by atoms with Crippen LogP contribution in [-0.2, 0) is 9.53 Å². The summed E-state index contributed by atoms with van der Waals surface area (Å²) in [5.41, 5.74) is 6.05. The Labute approximate surface area is 200 Å². The minimum atomic E-state index is -0.403. The number of amides is 1. The lowest BCUT2D eigenvalue weighted by atomic mass is 10.1. The van der Waals surface area contributed by atoms with E-state index >= 15 is 0 Å². The average Bonchev–Trinajstić information content (AvgIpc) is 2.88. The Hall–Kier alpha value is -2.36. The van der Waals surface area contributed by atoms with E-state index in [0.717, 1.165) is 45.9 Å². The van der Waals surface area contributed by atoms with Gasteiger partial charge >= 0.3 is 0 Å². The zero-order chi connectivity index (χ0) is 23.0. The molecule has 2 aromatic rings. The summed E-state index contributed by atoms with van der Waals surface area (Å²) in [7, 11) is 1.76. The number of ether oxygens (including phenoxy) is 1. The molecule has 0 saturated carbocycles. The minimum Gasteiger partial charge on any atom is -0.383 e. The van der Waals surface area contributed by atoms with Crippen LogP contribution in [-0.4, -0.2) is 79.8 Å². The molecule has 176 valence electrons. The van der Waals surface area contributed by atoms with E-state index < -0.39 is 5.91 Å². The number of methoxy groups -OCH3 is 1. The topological polar surface area (TPSA) is 68.3 Å². The molecule has 2 aliphatic rings. The van der Waals surface area contributed by atoms with Crippen molar-refractivity contribution in [2.75, 3.05) is 64.4 Å². The molecular weight excluding hydrogens is 436 g/mol. The highest BCUT2D eigenvalue weighted by atomic mass is 32.2. The molecule has 2 N–H and O–H groups in total. The molecule has 0 unspecified atom stereocenters. The second-order valence-corrected chi connectivity index (χ2v) is 9.46. The molecule has 4 rings (SSSR count). The van der Waals surface area contributed by atoms with Crippen molar-refractivity contribution in [1.82, 2.24) is 14.7 Å². The van der Waals surface area contributed by atoms with Gasteiger partial charge in [0.25, 0.3) is 5.91 Å². The first kappa shape index (κ1) is 23.8. The number of hydrogen-bond acceptors (Lipinski definition) is 7. The van der Waals surface area contributed by atoms with E-state index in [0.29, 0.717) is 18.5 Å². The number of hydroxylamine groups is 1. The fourth-order valence-corrected chi connectivity index (χ4v) is 5.07. The van der Waals surface area contributed by atoms with Gasteiger partial charge in [0.15, 0.2) is 0 Å². The standard InChI is InChI=1S/C25H32N4O3S/c1-32-19-18-27-14-16-28(17-15-27)23-6-2-20(3-7-23)21-4-8-24(9-5-21)33-29-12-10-22(11-13-29)25(30)26-31/h2-10,31H,11-19H2,1H3,(H,26,30). The molecule has 8 heteroatoms. The fourth-order valence-electron chi connectivity index (χ4n) is 4.18. The quantitative estimate of drug-likeness (QED) is 0.350. The Kier molecular flexibility index (Phi) is 8.41. The number of anilines is 1. The molecule has 0 spiro atoms. The number of hydrogen-bond donors (Lipinski definition) is 2. The van der Waals surface area contributed by atoms with Crippen LogP contribution in [0.15, 0.2) is 65.1 Å². The number of nitrogens with one attached hydrogen (secondary N) is 1. The van der Waals surface area contributed by atoms with Gasteiger partial charge in [0.1, 0.15) is 0 Å². The third kappa shape index (κ3) is 6.37. The summed E-state index contributed by atoms with van der Waals surface area (Å²) in [6.45, 7) is 7.50. The van der Waals surface area contributed by atoms with Crippen molar-refractivity contribution in [2.45, 2.75) is 11.3 Å². The molecule has 2 aliphatic heterocycles. The molecule has 0 aliphatic carbocycles. The Morgan fingerprint density at radius 3 is 2.24 bits per heavy atom. The second kappa shape index (κ2) is 11.7. The predicted molar refractivity (Wildman–Crippen MR) is 132 cm³/mol. The van der Waals surface area contributed by atoms with Gasteiger partial charge in [-0.25, -0.2) is 9.79 Å². The third-order valence-corrected chi connectivity index (χ3v) is 7.28. The maximum Gasteiger partial charge on any atom is 0.270 e. The molecule has 0 atom stereocenters. The van der Waals surface area contributed by atoms with Crippen LogP contribution in [0.25, 0.3) is 11.1 Å². The normalized spacial score (nSPS) is 17.6. The van der Waals surface area contributed by atoms with Crippen LogP contribution < -0.4 is 10.4 Å². The molecule has 2 aromatic carbocycles. The first-order valence-electron chi connectivity index (χ1n) is 11.4. The summed E-state index contributed by atoms with van der Waals surface area (Å²) in [6, 6.07) is 17.5. The molecule has 2 heterocycles. The van der Waals surface area contributed by atoms with Crippen molar-refractivity contribution in [1.29, 1.82) is 0 Å². The van der Waals surface area contributed by atoms with Gasteiger partial charge in [0.2, 0.25) is 0 Å². The van der Waals surface area contributed by atoms with Gasteiger partial charge in [-0.1, -0.05) is 30.3 Å². The number of benzene rings is 2. The van der Waals surface area contributed by atoms with Gasteiger partial charge in [-0.05, 0) is 53.8 Å². The van der Waals surface area contributed by atoms with E-state index in [1.54, 1.807) is 24.5 Å². The van der Waals surface area contributed by atoms with Crippen LogP contribution in [0.3, 0.4) is 0 Å². The van der Waals surface area contributed by atoms with Gasteiger partial charge in [-0.2, -0.15) is 0 Å². The van der Waals surface area contributed by atoms with Crippen LogP contribution in [0.5, 0.6) is 0 Å². The summed E-state index contributed by atoms with van der Waals surface area (Å²) in [4.78, 5) is 17.6. The van der Waals surface area contributed by atoms with Gasteiger partial charge < -0.3 is 9.64 Å². The van der Waals surface area contributed by atoms with Gasteiger partial charge in [-0.3, -0.25) is 14.9 Å². The summed E-state index contributed by atoms with van der Waals surface area (Å²) in [6.07, 6.45) is 2.50. The first-order chi connectivity index (χ1) is 16.2. The zero-order valence-corrected chi connectivity index (χ0v) is 19.9. The number of carbonyl (C=O) groups excluding carboxylic acids is 1. The Morgan fingerprint density at radius 2 is 1.67 bits per heavy atom. The molecule has 33 heavy (non-hydrogen) atoms. The molecule has 1 amide bonds. The van der Waals surface area contributed by atoms with Gasteiger partial charge in [0, 0.05) is 69.1 Å². The highest BCUT2D eigenvalue weighted by Crippen LogP contribution is 2.29. The summed E-state index contributed by atoms with van der Waals surface area (Å²) in [5, 5.41) is 8.76. The third-order valence-electron chi connectivity index (χ3n) is 6.20. The monoisotopic (exact) mass is 468 g/mol. The molecule has 0 aromatic heterocycles. The lowest BCUT2D eigenvalue weighted by Crippen LogP contribution is -2.47. The van der Waals surface area contributed by atoms with Crippen molar-refractivity contribution in [3.05, 3.63) is 60.2 Å². The average molecular weight is 469 g/mol. The summed E-state index contributed by atoms with van der Waals surface area (Å²) in [5.74, 6) is -0.403. The number of nitrogens with zero attached hydrogens (tertiary/aromatic N) is 3. The highest BCUT2D eigenvalue weighted by Gasteiger charge is 2.18. The lowest BCUT2D eigenvalue weighted by molar-refractivity contribution is -0.125. The van der Waals surface area contributed by atoms with E-state index in [1.165, 1.54) is 21.7 Å². The maximum atomic E-state index is 11.5. The van der Waals surface area contributed by atoms with Crippen LogP contribution in [0.4, 0.5) is 5.69 Å². The predicted octanol–water partition coefficient (Wildman–Crippen LogP) is 3.27. The fraction of sp³-hybridized carbons (Fsp3) is 0.400. The SMILES string of the molecule is COCCN1CCN(c2ccc(-c3ccc(SN4CC=C(C(=O)NO)CC4)cc3)cc2)CC1. The molecule has 7 nitrogen and oxygen atoms in total. The Morgan fingerprint density at radius 1 is 1.00 bits per heavy atom. The number of piperazine rings is 1. The molecule has 1 saturated heterocycles. The van der Waals surface area contributed by atoms with E-state index in [-0.39, 0.29) is 0 Å². The van der Waals surface area contributed by atoms with Crippen LogP contribution in [0, 0.1) is 0 Å².